The van der Waals surface area contributed by atoms with E-state index in [-0.39, 0.29) is 5.91 Å². The number of halogens is 1. The Morgan fingerprint density at radius 1 is 1.16 bits per heavy atom. The number of aromatic nitrogens is 4. The van der Waals surface area contributed by atoms with Crippen molar-refractivity contribution in [2.24, 2.45) is 0 Å². The molecular formula is C18H16ClN5O. The molecule has 0 radical (unpaired) electrons. The molecule has 4 rings (SSSR count). The summed E-state index contributed by atoms with van der Waals surface area (Å²) in [6.45, 7) is 2.47. The van der Waals surface area contributed by atoms with E-state index < -0.39 is 6.04 Å². The van der Waals surface area contributed by atoms with Crippen LogP contribution in [0.1, 0.15) is 18.5 Å². The number of hydrogen-bond donors (Lipinski definition) is 0. The molecule has 3 aromatic rings. The third-order valence-electron chi connectivity index (χ3n) is 4.39. The third-order valence-corrected chi connectivity index (χ3v) is 4.64. The molecule has 0 saturated heterocycles. The molecule has 1 aliphatic rings. The van der Waals surface area contributed by atoms with Crippen LogP contribution in [0.3, 0.4) is 0 Å². The molecule has 0 N–H and O–H groups in total. The smallest absolute Gasteiger partial charge is 0.253 e. The number of nitrogens with zero attached hydrogens (tertiary/aromatic N) is 5. The van der Waals surface area contributed by atoms with Crippen LogP contribution in [-0.4, -0.2) is 32.7 Å². The molecule has 0 aliphatic carbocycles. The van der Waals surface area contributed by atoms with Crippen molar-refractivity contribution in [3.05, 3.63) is 59.1 Å². The minimum absolute atomic E-state index is 0.0370. The molecule has 1 aromatic heterocycles. The molecule has 0 bridgehead atoms. The van der Waals surface area contributed by atoms with Crippen LogP contribution in [0.5, 0.6) is 0 Å². The fourth-order valence-electron chi connectivity index (χ4n) is 3.00. The highest BCUT2D eigenvalue weighted by Gasteiger charge is 2.29. The van der Waals surface area contributed by atoms with E-state index in [2.05, 4.69) is 21.5 Å². The van der Waals surface area contributed by atoms with Gasteiger partial charge in [-0.15, -0.1) is 10.2 Å². The Balaban J connectivity index is 1.56. The van der Waals surface area contributed by atoms with Gasteiger partial charge < -0.3 is 4.90 Å². The van der Waals surface area contributed by atoms with E-state index in [0.717, 1.165) is 17.7 Å². The molecule has 6 nitrogen and oxygen atoms in total. The third kappa shape index (κ3) is 2.89. The summed E-state index contributed by atoms with van der Waals surface area (Å²) in [7, 11) is 0. The first-order chi connectivity index (χ1) is 12.1. The van der Waals surface area contributed by atoms with Crippen LogP contribution in [0.25, 0.3) is 11.4 Å². The highest BCUT2D eigenvalue weighted by atomic mass is 35.5. The largest absolute Gasteiger partial charge is 0.310 e. The maximum atomic E-state index is 12.9. The summed E-state index contributed by atoms with van der Waals surface area (Å²) in [6.07, 6.45) is 0.870. The van der Waals surface area contributed by atoms with E-state index in [9.17, 15) is 4.79 Å². The lowest BCUT2D eigenvalue weighted by Gasteiger charge is -2.20. The highest BCUT2D eigenvalue weighted by molar-refractivity contribution is 6.30. The number of rotatable bonds is 3. The Morgan fingerprint density at radius 3 is 2.72 bits per heavy atom. The normalized spacial score (nSPS) is 14.4. The van der Waals surface area contributed by atoms with E-state index in [1.807, 2.05) is 30.3 Å². The molecule has 1 atom stereocenters. The van der Waals surface area contributed by atoms with E-state index in [4.69, 9.17) is 11.6 Å². The topological polar surface area (TPSA) is 63.9 Å². The van der Waals surface area contributed by atoms with Crippen molar-refractivity contribution in [1.29, 1.82) is 0 Å². The Labute approximate surface area is 150 Å². The number of anilines is 1. The Morgan fingerprint density at radius 2 is 1.92 bits per heavy atom. The second-order valence-electron chi connectivity index (χ2n) is 5.98. The fourth-order valence-corrected chi connectivity index (χ4v) is 3.12. The average molecular weight is 354 g/mol. The molecule has 7 heteroatoms. The molecule has 0 saturated carbocycles. The van der Waals surface area contributed by atoms with Crippen LogP contribution in [0.15, 0.2) is 48.5 Å². The monoisotopic (exact) mass is 353 g/mol. The molecule has 126 valence electrons. The first-order valence-electron chi connectivity index (χ1n) is 8.08. The van der Waals surface area contributed by atoms with Gasteiger partial charge in [0.1, 0.15) is 6.04 Å². The molecule has 1 amide bonds. The van der Waals surface area contributed by atoms with E-state index in [1.54, 1.807) is 24.0 Å². The molecule has 0 fully saturated rings. The van der Waals surface area contributed by atoms with Gasteiger partial charge in [-0.1, -0.05) is 29.8 Å². The number of tetrazole rings is 1. The predicted octanol–water partition coefficient (Wildman–Crippen LogP) is 3.14. The Hall–Kier alpha value is -2.73. The molecule has 1 aliphatic heterocycles. The van der Waals surface area contributed by atoms with E-state index in [1.165, 1.54) is 10.4 Å². The van der Waals surface area contributed by atoms with Crippen molar-refractivity contribution in [1.82, 2.24) is 20.2 Å². The second kappa shape index (κ2) is 6.29. The molecule has 0 spiro atoms. The van der Waals surface area contributed by atoms with Gasteiger partial charge in [-0.05, 0) is 54.5 Å². The van der Waals surface area contributed by atoms with Crippen LogP contribution in [0.2, 0.25) is 5.02 Å². The molecule has 2 heterocycles. The number of benzene rings is 2. The lowest BCUT2D eigenvalue weighted by Crippen LogP contribution is -2.35. The highest BCUT2D eigenvalue weighted by Crippen LogP contribution is 2.29. The van der Waals surface area contributed by atoms with Crippen LogP contribution in [0, 0.1) is 0 Å². The van der Waals surface area contributed by atoms with Gasteiger partial charge in [0.2, 0.25) is 5.82 Å². The lowest BCUT2D eigenvalue weighted by molar-refractivity contribution is -0.121. The zero-order valence-electron chi connectivity index (χ0n) is 13.6. The van der Waals surface area contributed by atoms with E-state index in [0.29, 0.717) is 17.4 Å². The van der Waals surface area contributed by atoms with Crippen molar-refractivity contribution in [3.63, 3.8) is 0 Å². The second-order valence-corrected chi connectivity index (χ2v) is 6.42. The standard InChI is InChI=1S/C18H16ClN5O/c1-12(18(25)23-11-10-13-4-2-3-5-16(13)23)24-21-17(20-22-24)14-6-8-15(19)9-7-14/h2-9,12H,10-11H2,1H3. The number of carbonyl (C=O) groups excluding carboxylic acids is 1. The van der Waals surface area contributed by atoms with Crippen LogP contribution in [-0.2, 0) is 11.2 Å². The van der Waals surface area contributed by atoms with Gasteiger partial charge in [-0.25, -0.2) is 0 Å². The lowest BCUT2D eigenvalue weighted by atomic mass is 10.2. The van der Waals surface area contributed by atoms with Crippen LogP contribution in [0.4, 0.5) is 5.69 Å². The van der Waals surface area contributed by atoms with Gasteiger partial charge in [-0.2, -0.15) is 4.80 Å². The molecular weight excluding hydrogens is 338 g/mol. The summed E-state index contributed by atoms with van der Waals surface area (Å²) in [4.78, 5) is 16.0. The summed E-state index contributed by atoms with van der Waals surface area (Å²) in [5.41, 5.74) is 2.97. The first-order valence-corrected chi connectivity index (χ1v) is 8.46. The van der Waals surface area contributed by atoms with Crippen molar-refractivity contribution in [3.8, 4) is 11.4 Å². The number of fused-ring (bicyclic) bond motifs is 1. The van der Waals surface area contributed by atoms with Crippen molar-refractivity contribution < 1.29 is 4.79 Å². The summed E-state index contributed by atoms with van der Waals surface area (Å²) in [5.74, 6) is 0.433. The summed E-state index contributed by atoms with van der Waals surface area (Å²) < 4.78 is 0. The minimum atomic E-state index is -0.528. The maximum absolute atomic E-state index is 12.9. The summed E-state index contributed by atoms with van der Waals surface area (Å²) in [5, 5.41) is 13.1. The maximum Gasteiger partial charge on any atom is 0.253 e. The predicted molar refractivity (Wildman–Crippen MR) is 95.5 cm³/mol. The van der Waals surface area contributed by atoms with Crippen LogP contribution >= 0.6 is 11.6 Å². The fraction of sp³-hybridized carbons (Fsp3) is 0.222. The Bertz CT molecular complexity index is 921. The number of hydrogen-bond acceptors (Lipinski definition) is 4. The average Bonchev–Trinajstić information content (AvgIpc) is 3.28. The Kier molecular flexibility index (Phi) is 3.97. The van der Waals surface area contributed by atoms with E-state index >= 15 is 0 Å². The molecule has 2 aromatic carbocycles. The van der Waals surface area contributed by atoms with Crippen molar-refractivity contribution >= 4 is 23.2 Å². The van der Waals surface area contributed by atoms with Crippen molar-refractivity contribution in [2.75, 3.05) is 11.4 Å². The van der Waals surface area contributed by atoms with Crippen LogP contribution < -0.4 is 4.90 Å². The number of carbonyl (C=O) groups is 1. The zero-order chi connectivity index (χ0) is 17.4. The molecule has 1 unspecified atom stereocenters. The van der Waals surface area contributed by atoms with Gasteiger partial charge in [0, 0.05) is 22.8 Å². The number of amides is 1. The van der Waals surface area contributed by atoms with Gasteiger partial charge in [0.05, 0.1) is 0 Å². The van der Waals surface area contributed by atoms with Crippen molar-refractivity contribution in [2.45, 2.75) is 19.4 Å². The zero-order valence-corrected chi connectivity index (χ0v) is 14.4. The minimum Gasteiger partial charge on any atom is -0.310 e. The SMILES string of the molecule is CC(C(=O)N1CCc2ccccc21)n1nnc(-c2ccc(Cl)cc2)n1. The summed E-state index contributed by atoms with van der Waals surface area (Å²) in [6, 6.07) is 14.6. The van der Waals surface area contributed by atoms with Gasteiger partial charge in [-0.3, -0.25) is 4.79 Å². The van der Waals surface area contributed by atoms with Gasteiger partial charge >= 0.3 is 0 Å². The summed E-state index contributed by atoms with van der Waals surface area (Å²) >= 11 is 5.90. The quantitative estimate of drug-likeness (QED) is 0.725. The molecule has 25 heavy (non-hydrogen) atoms. The van der Waals surface area contributed by atoms with Gasteiger partial charge in [0.25, 0.3) is 5.91 Å². The van der Waals surface area contributed by atoms with Gasteiger partial charge in [0.15, 0.2) is 0 Å². The number of para-hydroxylation sites is 1. The first kappa shape index (κ1) is 15.8.